The molecule has 0 bridgehead atoms. The summed E-state index contributed by atoms with van der Waals surface area (Å²) in [6.45, 7) is 0. The van der Waals surface area contributed by atoms with Crippen molar-refractivity contribution in [3.05, 3.63) is 59.2 Å². The zero-order valence-corrected chi connectivity index (χ0v) is 15.5. The second kappa shape index (κ2) is 7.45. The third-order valence-corrected chi connectivity index (χ3v) is 5.42. The van der Waals surface area contributed by atoms with Crippen LogP contribution in [0.2, 0.25) is 0 Å². The molecule has 0 saturated carbocycles. The Balaban J connectivity index is 0.00000225. The molecular formula is C18H21ClN2O3S. The Labute approximate surface area is 154 Å². The van der Waals surface area contributed by atoms with E-state index in [9.17, 15) is 13.2 Å². The maximum absolute atomic E-state index is 12.5. The molecule has 3 N–H and O–H groups in total. The molecule has 25 heavy (non-hydrogen) atoms. The van der Waals surface area contributed by atoms with E-state index in [0.29, 0.717) is 5.56 Å². The van der Waals surface area contributed by atoms with Crippen molar-refractivity contribution in [2.75, 3.05) is 12.0 Å². The first-order valence-electron chi connectivity index (χ1n) is 7.84. The number of rotatable bonds is 3. The molecule has 0 saturated heterocycles. The fourth-order valence-electron chi connectivity index (χ4n) is 3.09. The van der Waals surface area contributed by atoms with E-state index in [4.69, 9.17) is 5.73 Å². The van der Waals surface area contributed by atoms with Gasteiger partial charge < -0.3 is 11.1 Å². The summed E-state index contributed by atoms with van der Waals surface area (Å²) < 4.78 is 23.3. The van der Waals surface area contributed by atoms with Crippen LogP contribution in [0.5, 0.6) is 0 Å². The van der Waals surface area contributed by atoms with E-state index in [2.05, 4.69) is 5.32 Å². The van der Waals surface area contributed by atoms with E-state index in [0.717, 1.165) is 42.3 Å². The molecule has 134 valence electrons. The third kappa shape index (κ3) is 4.32. The van der Waals surface area contributed by atoms with Crippen LogP contribution in [0.3, 0.4) is 0 Å². The standard InChI is InChI=1S/C18H20N2O3S.ClH/c1-24(22,23)15-6-2-5-13(11-15)18(21)20-17-7-3-4-12-10-14(19)8-9-16(12)17;/h2,5-6,8-11,17H,3-4,7,19H2,1H3,(H,20,21);1H. The number of anilines is 1. The molecule has 0 radical (unpaired) electrons. The molecule has 1 atom stereocenters. The quantitative estimate of drug-likeness (QED) is 0.801. The van der Waals surface area contributed by atoms with Gasteiger partial charge in [0.2, 0.25) is 0 Å². The van der Waals surface area contributed by atoms with Crippen LogP contribution in [0.1, 0.15) is 40.4 Å². The molecule has 1 unspecified atom stereocenters. The van der Waals surface area contributed by atoms with Gasteiger partial charge in [-0.1, -0.05) is 12.1 Å². The molecular weight excluding hydrogens is 360 g/mol. The highest BCUT2D eigenvalue weighted by Crippen LogP contribution is 2.31. The fourth-order valence-corrected chi connectivity index (χ4v) is 3.76. The molecule has 0 aliphatic heterocycles. The van der Waals surface area contributed by atoms with E-state index in [1.165, 1.54) is 12.1 Å². The van der Waals surface area contributed by atoms with Crippen LogP contribution < -0.4 is 11.1 Å². The zero-order chi connectivity index (χ0) is 17.3. The second-order valence-corrected chi connectivity index (χ2v) is 8.19. The number of halogens is 1. The van der Waals surface area contributed by atoms with Crippen molar-refractivity contribution in [3.8, 4) is 0 Å². The molecule has 2 aromatic carbocycles. The molecule has 1 amide bonds. The topological polar surface area (TPSA) is 89.3 Å². The minimum atomic E-state index is -3.34. The Kier molecular flexibility index (Phi) is 5.75. The first-order valence-corrected chi connectivity index (χ1v) is 9.73. The highest BCUT2D eigenvalue weighted by molar-refractivity contribution is 7.90. The van der Waals surface area contributed by atoms with Gasteiger partial charge in [0.25, 0.3) is 5.91 Å². The predicted molar refractivity (Wildman–Crippen MR) is 101 cm³/mol. The summed E-state index contributed by atoms with van der Waals surface area (Å²) in [4.78, 5) is 12.7. The van der Waals surface area contributed by atoms with Crippen LogP contribution in [0.15, 0.2) is 47.4 Å². The number of benzene rings is 2. The Morgan fingerprint density at radius 3 is 2.68 bits per heavy atom. The number of hydrogen-bond acceptors (Lipinski definition) is 4. The van der Waals surface area contributed by atoms with Gasteiger partial charge in [-0.25, -0.2) is 8.42 Å². The first kappa shape index (κ1) is 19.3. The van der Waals surface area contributed by atoms with Crippen LogP contribution in [-0.4, -0.2) is 20.6 Å². The van der Waals surface area contributed by atoms with Gasteiger partial charge in [-0.3, -0.25) is 4.79 Å². The Morgan fingerprint density at radius 1 is 1.20 bits per heavy atom. The second-order valence-electron chi connectivity index (χ2n) is 6.18. The van der Waals surface area contributed by atoms with Crippen LogP contribution in [-0.2, 0) is 16.3 Å². The maximum Gasteiger partial charge on any atom is 0.251 e. The summed E-state index contributed by atoms with van der Waals surface area (Å²) in [5.41, 5.74) is 9.15. The molecule has 1 aliphatic carbocycles. The van der Waals surface area contributed by atoms with Gasteiger partial charge in [0.15, 0.2) is 9.84 Å². The number of aryl methyl sites for hydroxylation is 1. The Morgan fingerprint density at radius 2 is 1.96 bits per heavy atom. The Bertz CT molecular complexity index is 897. The van der Waals surface area contributed by atoms with E-state index < -0.39 is 9.84 Å². The lowest BCUT2D eigenvalue weighted by atomic mass is 9.87. The van der Waals surface area contributed by atoms with Gasteiger partial charge in [0, 0.05) is 17.5 Å². The van der Waals surface area contributed by atoms with Crippen molar-refractivity contribution in [1.29, 1.82) is 0 Å². The van der Waals surface area contributed by atoms with Crippen molar-refractivity contribution in [3.63, 3.8) is 0 Å². The van der Waals surface area contributed by atoms with Crippen molar-refractivity contribution in [2.45, 2.75) is 30.2 Å². The first-order chi connectivity index (χ1) is 11.3. The van der Waals surface area contributed by atoms with Gasteiger partial charge in [-0.05, 0) is 60.7 Å². The van der Waals surface area contributed by atoms with E-state index in [1.54, 1.807) is 12.1 Å². The zero-order valence-electron chi connectivity index (χ0n) is 13.9. The Hall–Kier alpha value is -2.05. The number of nitrogen functional groups attached to an aromatic ring is 1. The van der Waals surface area contributed by atoms with Crippen LogP contribution in [0, 0.1) is 0 Å². The molecule has 0 aromatic heterocycles. The lowest BCUT2D eigenvalue weighted by Crippen LogP contribution is -2.31. The van der Waals surface area contributed by atoms with Crippen molar-refractivity contribution in [2.24, 2.45) is 0 Å². The van der Waals surface area contributed by atoms with Crippen molar-refractivity contribution in [1.82, 2.24) is 5.32 Å². The van der Waals surface area contributed by atoms with E-state index >= 15 is 0 Å². The molecule has 0 heterocycles. The molecule has 5 nitrogen and oxygen atoms in total. The SMILES string of the molecule is CS(=O)(=O)c1cccc(C(=O)NC2CCCc3cc(N)ccc32)c1.Cl. The minimum absolute atomic E-state index is 0. The fraction of sp³-hybridized carbons (Fsp3) is 0.278. The predicted octanol–water partition coefficient (Wildman–Crippen LogP) is 2.90. The summed E-state index contributed by atoms with van der Waals surface area (Å²) in [5, 5.41) is 3.01. The third-order valence-electron chi connectivity index (χ3n) is 4.31. The number of hydrogen-bond donors (Lipinski definition) is 2. The molecule has 0 spiro atoms. The molecule has 3 rings (SSSR count). The number of fused-ring (bicyclic) bond motifs is 1. The maximum atomic E-state index is 12.5. The average molecular weight is 381 g/mol. The number of amides is 1. The van der Waals surface area contributed by atoms with Gasteiger partial charge in [0.05, 0.1) is 10.9 Å². The normalized spacial score (nSPS) is 16.4. The molecule has 1 aliphatic rings. The highest BCUT2D eigenvalue weighted by Gasteiger charge is 2.22. The average Bonchev–Trinajstić information content (AvgIpc) is 2.54. The molecule has 7 heteroatoms. The number of nitrogens with two attached hydrogens (primary N) is 1. The highest BCUT2D eigenvalue weighted by atomic mass is 35.5. The van der Waals surface area contributed by atoms with E-state index in [1.807, 2.05) is 18.2 Å². The lowest BCUT2D eigenvalue weighted by Gasteiger charge is -2.26. The largest absolute Gasteiger partial charge is 0.399 e. The summed E-state index contributed by atoms with van der Waals surface area (Å²) >= 11 is 0. The van der Waals surface area contributed by atoms with Crippen molar-refractivity contribution < 1.29 is 13.2 Å². The summed E-state index contributed by atoms with van der Waals surface area (Å²) in [5.74, 6) is -0.268. The van der Waals surface area contributed by atoms with Gasteiger partial charge in [0.1, 0.15) is 0 Å². The van der Waals surface area contributed by atoms with Gasteiger partial charge in [-0.2, -0.15) is 0 Å². The van der Waals surface area contributed by atoms with Gasteiger partial charge in [-0.15, -0.1) is 12.4 Å². The number of nitrogens with one attached hydrogen (secondary N) is 1. The number of sulfone groups is 1. The van der Waals surface area contributed by atoms with Crippen LogP contribution in [0.4, 0.5) is 5.69 Å². The van der Waals surface area contributed by atoms with Crippen LogP contribution >= 0.6 is 12.4 Å². The smallest absolute Gasteiger partial charge is 0.251 e. The monoisotopic (exact) mass is 380 g/mol. The van der Waals surface area contributed by atoms with Gasteiger partial charge >= 0.3 is 0 Å². The number of carbonyl (C=O) groups excluding carboxylic acids is 1. The molecule has 0 fully saturated rings. The molecule has 2 aromatic rings. The summed E-state index contributed by atoms with van der Waals surface area (Å²) in [7, 11) is -3.34. The van der Waals surface area contributed by atoms with E-state index in [-0.39, 0.29) is 29.3 Å². The van der Waals surface area contributed by atoms with Crippen LogP contribution in [0.25, 0.3) is 0 Å². The summed E-state index contributed by atoms with van der Waals surface area (Å²) in [6.07, 6.45) is 3.92. The summed E-state index contributed by atoms with van der Waals surface area (Å²) in [6, 6.07) is 11.8. The van der Waals surface area contributed by atoms with Crippen molar-refractivity contribution >= 4 is 33.8 Å². The number of carbonyl (C=O) groups is 1. The lowest BCUT2D eigenvalue weighted by molar-refractivity contribution is 0.0932. The minimum Gasteiger partial charge on any atom is -0.399 e.